The molecule has 0 amide bonds. The summed E-state index contributed by atoms with van der Waals surface area (Å²) in [6.45, 7) is 0. The zero-order valence-corrected chi connectivity index (χ0v) is 21.8. The first-order chi connectivity index (χ1) is 21.3. The van der Waals surface area contributed by atoms with Crippen LogP contribution in [0, 0.1) is 34.9 Å². The minimum Gasteiger partial charge on any atom is -0.523 e. The molecule has 0 radical (unpaired) electrons. The summed E-state index contributed by atoms with van der Waals surface area (Å²) in [4.78, 5) is 18.5. The van der Waals surface area contributed by atoms with Gasteiger partial charge < -0.3 is 4.65 Å². The molecule has 4 aromatic carbocycles. The molecule has 0 atom stereocenters. The second kappa shape index (κ2) is 8.46. The topological polar surface area (TPSA) is 68.5 Å². The maximum atomic E-state index is 14.7. The lowest BCUT2D eigenvalue weighted by molar-refractivity contribution is 0.508. The molecule has 2 aromatic heterocycles. The van der Waals surface area contributed by atoms with Crippen LogP contribution in [0.5, 0.6) is 5.75 Å². The first-order valence-electron chi connectivity index (χ1n) is 13.1. The Morgan fingerprint density at radius 3 is 1.57 bits per heavy atom. The molecule has 5 heterocycles. The van der Waals surface area contributed by atoms with E-state index in [1.54, 1.807) is 30.3 Å². The van der Waals surface area contributed by atoms with Gasteiger partial charge in [-0.15, -0.1) is 0 Å². The van der Waals surface area contributed by atoms with Gasteiger partial charge in [0.15, 0.2) is 46.6 Å². The monoisotopic (exact) mass is 596 g/mol. The van der Waals surface area contributed by atoms with E-state index in [1.165, 1.54) is 8.96 Å². The van der Waals surface area contributed by atoms with Crippen molar-refractivity contribution < 1.29 is 31.0 Å². The molecule has 4 bridgehead atoms. The third-order valence-electron chi connectivity index (χ3n) is 7.81. The summed E-state index contributed by atoms with van der Waals surface area (Å²) in [5, 5.41) is 0.462. The summed E-state index contributed by atoms with van der Waals surface area (Å²) in [5.41, 5.74) is 0.218. The predicted octanol–water partition coefficient (Wildman–Crippen LogP) is 5.63. The van der Waals surface area contributed by atoms with E-state index in [-0.39, 0.29) is 67.0 Å². The number of nitrogens with zero attached hydrogens (tertiary/aromatic N) is 6. The molecule has 0 saturated heterocycles. The van der Waals surface area contributed by atoms with Crippen LogP contribution in [0.2, 0.25) is 0 Å². The Kier molecular flexibility index (Phi) is 4.79. The van der Waals surface area contributed by atoms with E-state index in [9.17, 15) is 26.3 Å². The highest BCUT2D eigenvalue weighted by Gasteiger charge is 2.40. The molecule has 44 heavy (non-hydrogen) atoms. The number of para-hydroxylation sites is 1. The van der Waals surface area contributed by atoms with Crippen LogP contribution in [0.4, 0.5) is 38.0 Å². The smallest absolute Gasteiger partial charge is 0.523 e. The molecule has 14 heteroatoms. The molecule has 0 aliphatic carbocycles. The molecule has 7 nitrogen and oxygen atoms in total. The maximum absolute atomic E-state index is 14.7. The van der Waals surface area contributed by atoms with Gasteiger partial charge in [0, 0.05) is 32.7 Å². The lowest BCUT2D eigenvalue weighted by atomic mass is 9.98. The number of hydrogen-bond acceptors (Lipinski definition) is 5. The van der Waals surface area contributed by atoms with Crippen molar-refractivity contribution in [3.05, 3.63) is 124 Å². The summed E-state index contributed by atoms with van der Waals surface area (Å²) >= 11 is 0. The van der Waals surface area contributed by atoms with Gasteiger partial charge in [-0.1, -0.05) is 18.2 Å². The zero-order chi connectivity index (χ0) is 30.0. The van der Waals surface area contributed by atoms with Crippen LogP contribution in [-0.4, -0.2) is 27.8 Å². The van der Waals surface area contributed by atoms with Crippen molar-refractivity contribution in [2.24, 2.45) is 20.0 Å². The molecular weight excluding hydrogens is 585 g/mol. The van der Waals surface area contributed by atoms with Crippen molar-refractivity contribution in [2.45, 2.75) is 0 Å². The summed E-state index contributed by atoms with van der Waals surface area (Å²) < 4.78 is 97.3. The zero-order valence-electron chi connectivity index (χ0n) is 21.8. The molecular formula is C30H11BF6N6O. The third kappa shape index (κ3) is 3.24. The first kappa shape index (κ1) is 24.9. The Hall–Kier alpha value is -5.66. The highest BCUT2D eigenvalue weighted by atomic mass is 19.2. The minimum atomic E-state index is -1.26. The molecule has 0 saturated carbocycles. The van der Waals surface area contributed by atoms with Gasteiger partial charge in [-0.05, 0) is 48.5 Å². The van der Waals surface area contributed by atoms with Crippen molar-refractivity contribution in [2.75, 3.05) is 0 Å². The number of amidine groups is 2. The van der Waals surface area contributed by atoms with Gasteiger partial charge in [-0.2, -0.15) is 0 Å². The minimum absolute atomic E-state index is 0.00267. The van der Waals surface area contributed by atoms with Gasteiger partial charge in [0.2, 0.25) is 0 Å². The molecule has 3 aliphatic heterocycles. The Morgan fingerprint density at radius 2 is 0.977 bits per heavy atom. The lowest BCUT2D eigenvalue weighted by Gasteiger charge is -2.23. The SMILES string of the molecule is Fc1cc2c(cc1F)/C1=N/c3c4cc(F)c(F)cc4c4n3B(Oc3ccccc3)n3c(c5cc(F)c(F)cc5/c3=N/C2=N1)=N4. The third-order valence-corrected chi connectivity index (χ3v) is 7.81. The van der Waals surface area contributed by atoms with Crippen molar-refractivity contribution in [1.29, 1.82) is 0 Å². The van der Waals surface area contributed by atoms with Crippen LogP contribution < -0.4 is 15.6 Å². The van der Waals surface area contributed by atoms with Crippen molar-refractivity contribution >= 4 is 52.0 Å². The highest BCUT2D eigenvalue weighted by Crippen LogP contribution is 2.42. The number of benzene rings is 4. The van der Waals surface area contributed by atoms with E-state index in [0.717, 1.165) is 36.4 Å². The summed E-state index contributed by atoms with van der Waals surface area (Å²) in [6.07, 6.45) is 0. The van der Waals surface area contributed by atoms with E-state index >= 15 is 0 Å². The van der Waals surface area contributed by atoms with Gasteiger partial charge in [0.1, 0.15) is 28.4 Å². The van der Waals surface area contributed by atoms with Gasteiger partial charge in [0.05, 0.1) is 0 Å². The summed E-state index contributed by atoms with van der Waals surface area (Å²) in [6, 6.07) is 14.1. The first-order valence-corrected chi connectivity index (χ1v) is 13.1. The number of aliphatic imine (C=N–C) groups is 2. The molecule has 3 aliphatic rings. The van der Waals surface area contributed by atoms with Crippen molar-refractivity contribution in [1.82, 2.24) is 8.96 Å². The lowest BCUT2D eigenvalue weighted by Crippen LogP contribution is -2.52. The predicted molar refractivity (Wildman–Crippen MR) is 148 cm³/mol. The molecule has 0 unspecified atom stereocenters. The highest BCUT2D eigenvalue weighted by molar-refractivity contribution is 6.52. The van der Waals surface area contributed by atoms with Crippen molar-refractivity contribution in [3.8, 4) is 5.75 Å². The van der Waals surface area contributed by atoms with Gasteiger partial charge >= 0.3 is 7.19 Å². The average molecular weight is 596 g/mol. The van der Waals surface area contributed by atoms with E-state index in [0.29, 0.717) is 5.75 Å². The fraction of sp³-hybridized carbons (Fsp3) is 0. The van der Waals surface area contributed by atoms with Crippen molar-refractivity contribution in [3.63, 3.8) is 0 Å². The van der Waals surface area contributed by atoms with Crippen LogP contribution in [0.15, 0.2) is 86.7 Å². The van der Waals surface area contributed by atoms with E-state index in [4.69, 9.17) is 9.65 Å². The number of halogens is 6. The maximum Gasteiger partial charge on any atom is 0.633 e. The molecule has 212 valence electrons. The number of fused-ring (bicyclic) bond motifs is 10. The molecule has 9 rings (SSSR count). The Bertz CT molecular complexity index is 2510. The van der Waals surface area contributed by atoms with E-state index < -0.39 is 42.1 Å². The number of aromatic nitrogens is 2. The molecule has 0 N–H and O–H groups in total. The summed E-state index contributed by atoms with van der Waals surface area (Å²) in [7, 11) is -1.26. The number of rotatable bonds is 2. The quantitative estimate of drug-likeness (QED) is 0.189. The van der Waals surface area contributed by atoms with Crippen LogP contribution in [0.25, 0.3) is 21.5 Å². The summed E-state index contributed by atoms with van der Waals surface area (Å²) in [5.74, 6) is -6.79. The molecule has 6 aromatic rings. The largest absolute Gasteiger partial charge is 0.633 e. The van der Waals surface area contributed by atoms with Crippen LogP contribution in [-0.2, 0) is 0 Å². The van der Waals surface area contributed by atoms with Crippen LogP contribution in [0.3, 0.4) is 0 Å². The Labute approximate surface area is 241 Å². The average Bonchev–Trinajstić information content (AvgIpc) is 3.59. The molecule has 0 fully saturated rings. The van der Waals surface area contributed by atoms with Gasteiger partial charge in [-0.3, -0.25) is 8.96 Å². The second-order valence-corrected chi connectivity index (χ2v) is 10.3. The van der Waals surface area contributed by atoms with Crippen LogP contribution >= 0.6 is 0 Å². The fourth-order valence-corrected chi connectivity index (χ4v) is 5.88. The van der Waals surface area contributed by atoms with E-state index in [2.05, 4.69) is 15.0 Å². The van der Waals surface area contributed by atoms with Gasteiger partial charge in [0.25, 0.3) is 0 Å². The Balaban J connectivity index is 1.53. The normalized spacial score (nSPS) is 16.2. The Morgan fingerprint density at radius 1 is 0.500 bits per heavy atom. The number of hydrogen-bond donors (Lipinski definition) is 0. The van der Waals surface area contributed by atoms with Crippen LogP contribution in [0.1, 0.15) is 11.1 Å². The van der Waals surface area contributed by atoms with Gasteiger partial charge in [-0.25, -0.2) is 46.3 Å². The van der Waals surface area contributed by atoms with E-state index in [1.807, 2.05) is 0 Å². The fourth-order valence-electron chi connectivity index (χ4n) is 5.88. The molecule has 0 spiro atoms. The standard InChI is InChI=1S/C30H11BF6N6O/c32-19-6-13-14(7-20(19)33)26-38-25(13)39-27-15-8-21(34)23(36)10-17(15)29-41-30-18-11-24(37)22(35)9-16(18)28(40-26)43(30)31(42(27)29)44-12-4-2-1-3-5-12/h1-11H/b39-25-,39-27?,40-26?,40-28-. The second-order valence-electron chi connectivity index (χ2n) is 10.3.